The van der Waals surface area contributed by atoms with E-state index in [-0.39, 0.29) is 5.54 Å². The summed E-state index contributed by atoms with van der Waals surface area (Å²) in [6.07, 6.45) is 3.19. The van der Waals surface area contributed by atoms with E-state index in [9.17, 15) is 9.59 Å². The molecular weight excluding hydrogens is 248 g/mol. The number of carboxylic acid groups (broad SMARTS) is 1. The minimum Gasteiger partial charge on any atom is -0.480 e. The number of hydrogen-bond donors (Lipinski definition) is 3. The van der Waals surface area contributed by atoms with E-state index in [2.05, 4.69) is 10.6 Å². The molecule has 2 amide bonds. The lowest BCUT2D eigenvalue weighted by molar-refractivity contribution is -0.139. The fourth-order valence-electron chi connectivity index (χ4n) is 2.08. The van der Waals surface area contributed by atoms with Gasteiger partial charge in [0, 0.05) is 19.3 Å². The van der Waals surface area contributed by atoms with E-state index in [0.717, 1.165) is 12.8 Å². The summed E-state index contributed by atoms with van der Waals surface area (Å²) in [5, 5.41) is 14.4. The maximum absolute atomic E-state index is 11.8. The number of hydrogen-bond acceptors (Lipinski definition) is 3. The van der Waals surface area contributed by atoms with Gasteiger partial charge in [-0.25, -0.2) is 9.59 Å². The molecule has 0 bridgehead atoms. The molecule has 6 heteroatoms. The fourth-order valence-corrected chi connectivity index (χ4v) is 2.08. The van der Waals surface area contributed by atoms with Crippen LogP contribution in [0.25, 0.3) is 0 Å². The van der Waals surface area contributed by atoms with Crippen LogP contribution in [0.2, 0.25) is 0 Å². The SMILES string of the molecule is COCCCC(NC(=O)NC(C)(C)C1CC1)C(=O)O. The third-order valence-corrected chi connectivity index (χ3v) is 3.48. The van der Waals surface area contributed by atoms with Crippen LogP contribution in [0, 0.1) is 5.92 Å². The molecule has 0 aromatic heterocycles. The van der Waals surface area contributed by atoms with Crippen LogP contribution >= 0.6 is 0 Å². The average Bonchev–Trinajstić information content (AvgIpc) is 3.10. The summed E-state index contributed by atoms with van der Waals surface area (Å²) in [6.45, 7) is 4.41. The number of methoxy groups -OCH3 is 1. The van der Waals surface area contributed by atoms with Crippen LogP contribution < -0.4 is 10.6 Å². The predicted molar refractivity (Wildman–Crippen MR) is 71.0 cm³/mol. The number of ether oxygens (including phenoxy) is 1. The van der Waals surface area contributed by atoms with Crippen LogP contribution in [0.1, 0.15) is 39.5 Å². The summed E-state index contributed by atoms with van der Waals surface area (Å²) in [5.74, 6) is -0.523. The molecule has 1 unspecified atom stereocenters. The van der Waals surface area contributed by atoms with E-state index in [4.69, 9.17) is 9.84 Å². The second kappa shape index (κ2) is 6.75. The van der Waals surface area contributed by atoms with Gasteiger partial charge in [-0.2, -0.15) is 0 Å². The lowest BCUT2D eigenvalue weighted by Crippen LogP contribution is -2.53. The molecular formula is C13H24N2O4. The number of urea groups is 1. The van der Waals surface area contributed by atoms with E-state index in [1.807, 2.05) is 13.8 Å². The number of carboxylic acids is 1. The molecule has 0 spiro atoms. The van der Waals surface area contributed by atoms with Gasteiger partial charge in [0.25, 0.3) is 0 Å². The zero-order valence-corrected chi connectivity index (χ0v) is 11.9. The van der Waals surface area contributed by atoms with Crippen molar-refractivity contribution in [1.29, 1.82) is 0 Å². The van der Waals surface area contributed by atoms with Gasteiger partial charge >= 0.3 is 12.0 Å². The number of aliphatic carboxylic acids is 1. The minimum atomic E-state index is -1.02. The molecule has 1 rings (SSSR count). The molecule has 1 fully saturated rings. The van der Waals surface area contributed by atoms with Gasteiger partial charge in [-0.3, -0.25) is 0 Å². The highest BCUT2D eigenvalue weighted by Gasteiger charge is 2.39. The molecule has 19 heavy (non-hydrogen) atoms. The van der Waals surface area contributed by atoms with Crippen molar-refractivity contribution in [2.45, 2.75) is 51.1 Å². The Kier molecular flexibility index (Phi) is 5.60. The Balaban J connectivity index is 2.40. The Morgan fingerprint density at radius 1 is 1.42 bits per heavy atom. The third kappa shape index (κ3) is 5.46. The summed E-state index contributed by atoms with van der Waals surface area (Å²) in [7, 11) is 1.56. The second-order valence-electron chi connectivity index (χ2n) is 5.62. The van der Waals surface area contributed by atoms with Crippen molar-refractivity contribution in [2.24, 2.45) is 5.92 Å². The van der Waals surface area contributed by atoms with Crippen LogP contribution in [0.4, 0.5) is 4.79 Å². The smallest absolute Gasteiger partial charge is 0.326 e. The molecule has 3 N–H and O–H groups in total. The molecule has 1 saturated carbocycles. The number of carbonyl (C=O) groups is 2. The largest absolute Gasteiger partial charge is 0.480 e. The molecule has 0 aliphatic heterocycles. The van der Waals surface area contributed by atoms with Crippen LogP contribution in [-0.4, -0.2) is 42.4 Å². The van der Waals surface area contributed by atoms with Crippen LogP contribution in [0.15, 0.2) is 0 Å². The van der Waals surface area contributed by atoms with Crippen LogP contribution in [0.5, 0.6) is 0 Å². The third-order valence-electron chi connectivity index (χ3n) is 3.48. The summed E-state index contributed by atoms with van der Waals surface area (Å²) in [4.78, 5) is 22.9. The highest BCUT2D eigenvalue weighted by atomic mass is 16.5. The second-order valence-corrected chi connectivity index (χ2v) is 5.62. The lowest BCUT2D eigenvalue weighted by atomic mass is 9.99. The topological polar surface area (TPSA) is 87.7 Å². The molecule has 1 atom stereocenters. The average molecular weight is 272 g/mol. The van der Waals surface area contributed by atoms with E-state index in [1.165, 1.54) is 0 Å². The zero-order valence-electron chi connectivity index (χ0n) is 11.9. The Hall–Kier alpha value is -1.30. The summed E-state index contributed by atoms with van der Waals surface area (Å²) < 4.78 is 4.88. The highest BCUT2D eigenvalue weighted by Crippen LogP contribution is 2.39. The first-order chi connectivity index (χ1) is 8.86. The molecule has 1 aliphatic carbocycles. The zero-order chi connectivity index (χ0) is 14.5. The Bertz CT molecular complexity index is 327. The summed E-state index contributed by atoms with van der Waals surface area (Å²) in [5.41, 5.74) is -0.278. The Labute approximate surface area is 113 Å². The molecule has 0 heterocycles. The first-order valence-electron chi connectivity index (χ1n) is 6.67. The standard InChI is InChI=1S/C13H24N2O4/c1-13(2,9-6-7-9)15-12(18)14-10(11(16)17)5-4-8-19-3/h9-10H,4-8H2,1-3H3,(H,16,17)(H2,14,15,18). The van der Waals surface area contributed by atoms with Gasteiger partial charge in [0.1, 0.15) is 6.04 Å². The van der Waals surface area contributed by atoms with Crippen molar-refractivity contribution in [1.82, 2.24) is 10.6 Å². The molecule has 6 nitrogen and oxygen atoms in total. The normalized spacial score (nSPS) is 16.8. The number of nitrogens with one attached hydrogen (secondary N) is 2. The molecule has 0 radical (unpaired) electrons. The van der Waals surface area contributed by atoms with Crippen molar-refractivity contribution in [3.63, 3.8) is 0 Å². The minimum absolute atomic E-state index is 0.278. The number of carbonyl (C=O) groups excluding carboxylic acids is 1. The molecule has 1 aliphatic rings. The Morgan fingerprint density at radius 3 is 2.53 bits per heavy atom. The van der Waals surface area contributed by atoms with Crippen molar-refractivity contribution < 1.29 is 19.4 Å². The molecule has 110 valence electrons. The van der Waals surface area contributed by atoms with Gasteiger partial charge < -0.3 is 20.5 Å². The van der Waals surface area contributed by atoms with Gasteiger partial charge in [-0.15, -0.1) is 0 Å². The van der Waals surface area contributed by atoms with Gasteiger partial charge in [-0.1, -0.05) is 0 Å². The monoisotopic (exact) mass is 272 g/mol. The fraction of sp³-hybridized carbons (Fsp3) is 0.846. The maximum atomic E-state index is 11.8. The number of rotatable bonds is 8. The first kappa shape index (κ1) is 15.8. The first-order valence-corrected chi connectivity index (χ1v) is 6.67. The summed E-state index contributed by atoms with van der Waals surface area (Å²) >= 11 is 0. The quantitative estimate of drug-likeness (QED) is 0.582. The van der Waals surface area contributed by atoms with Crippen LogP contribution in [-0.2, 0) is 9.53 Å². The van der Waals surface area contributed by atoms with E-state index in [0.29, 0.717) is 25.4 Å². The van der Waals surface area contributed by atoms with E-state index >= 15 is 0 Å². The predicted octanol–water partition coefficient (Wildman–Crippen LogP) is 1.35. The summed E-state index contributed by atoms with van der Waals surface area (Å²) in [6, 6.07) is -1.29. The van der Waals surface area contributed by atoms with E-state index in [1.54, 1.807) is 7.11 Å². The van der Waals surface area contributed by atoms with Crippen molar-refractivity contribution >= 4 is 12.0 Å². The van der Waals surface area contributed by atoms with Crippen molar-refractivity contribution in [3.05, 3.63) is 0 Å². The van der Waals surface area contributed by atoms with Gasteiger partial charge in [0.15, 0.2) is 0 Å². The van der Waals surface area contributed by atoms with Gasteiger partial charge in [-0.05, 0) is 45.4 Å². The van der Waals surface area contributed by atoms with Crippen LogP contribution in [0.3, 0.4) is 0 Å². The van der Waals surface area contributed by atoms with Crippen molar-refractivity contribution in [2.75, 3.05) is 13.7 Å². The van der Waals surface area contributed by atoms with Crippen molar-refractivity contribution in [3.8, 4) is 0 Å². The number of amides is 2. The molecule has 0 aromatic rings. The lowest BCUT2D eigenvalue weighted by Gasteiger charge is -2.27. The molecule has 0 saturated heterocycles. The van der Waals surface area contributed by atoms with Gasteiger partial charge in [0.2, 0.25) is 0 Å². The highest BCUT2D eigenvalue weighted by molar-refractivity contribution is 5.82. The van der Waals surface area contributed by atoms with Gasteiger partial charge in [0.05, 0.1) is 0 Å². The van der Waals surface area contributed by atoms with E-state index < -0.39 is 18.0 Å². The Morgan fingerprint density at radius 2 is 2.05 bits per heavy atom. The maximum Gasteiger partial charge on any atom is 0.326 e. The molecule has 0 aromatic carbocycles.